The number of methoxy groups -OCH3 is 1. The molecule has 0 radical (unpaired) electrons. The third-order valence-corrected chi connectivity index (χ3v) is 4.57. The van der Waals surface area contributed by atoms with Crippen LogP contribution in [0.4, 0.5) is 5.69 Å². The van der Waals surface area contributed by atoms with Gasteiger partial charge in [-0.2, -0.15) is 5.10 Å². The van der Waals surface area contributed by atoms with E-state index in [1.807, 2.05) is 36.4 Å². The normalized spacial score (nSPS) is 18.1. The Kier molecular flexibility index (Phi) is 4.92. The molecule has 146 valence electrons. The van der Waals surface area contributed by atoms with Gasteiger partial charge in [-0.15, -0.1) is 0 Å². The van der Waals surface area contributed by atoms with Crippen LogP contribution in [0.15, 0.2) is 79.0 Å². The highest BCUT2D eigenvalue weighted by Gasteiger charge is 2.33. The molecule has 0 aromatic carbocycles. The number of carbonyl (C=O) groups excluding carboxylic acids is 1. The summed E-state index contributed by atoms with van der Waals surface area (Å²) in [7, 11) is 3.38. The molecule has 0 spiro atoms. The van der Waals surface area contributed by atoms with Crippen molar-refractivity contribution in [2.45, 2.75) is 5.72 Å². The minimum atomic E-state index is -0.955. The van der Waals surface area contributed by atoms with E-state index in [1.165, 1.54) is 0 Å². The Morgan fingerprint density at radius 1 is 1.21 bits per heavy atom. The van der Waals surface area contributed by atoms with E-state index in [-0.39, 0.29) is 5.91 Å². The Bertz CT molecular complexity index is 1080. The van der Waals surface area contributed by atoms with Gasteiger partial charge in [0.15, 0.2) is 5.72 Å². The highest BCUT2D eigenvalue weighted by atomic mass is 16.5. The average molecular weight is 388 g/mol. The summed E-state index contributed by atoms with van der Waals surface area (Å²) in [5.41, 5.74) is 2.09. The maximum absolute atomic E-state index is 13.0. The lowest BCUT2D eigenvalue weighted by Gasteiger charge is -2.34. The number of amides is 1. The quantitative estimate of drug-likeness (QED) is 0.697. The van der Waals surface area contributed by atoms with Gasteiger partial charge in [-0.3, -0.25) is 19.4 Å². The molecular weight excluding hydrogens is 368 g/mol. The van der Waals surface area contributed by atoms with Gasteiger partial charge in [-0.25, -0.2) is 0 Å². The van der Waals surface area contributed by atoms with Crippen molar-refractivity contribution in [1.29, 1.82) is 0 Å². The number of aromatic nitrogens is 4. The second kappa shape index (κ2) is 7.69. The van der Waals surface area contributed by atoms with Crippen LogP contribution in [0, 0.1) is 0 Å². The summed E-state index contributed by atoms with van der Waals surface area (Å²) < 4.78 is 7.36. The first-order valence-electron chi connectivity index (χ1n) is 9.01. The van der Waals surface area contributed by atoms with Crippen molar-refractivity contribution >= 4 is 11.6 Å². The van der Waals surface area contributed by atoms with Gasteiger partial charge < -0.3 is 15.4 Å². The predicted molar refractivity (Wildman–Crippen MR) is 108 cm³/mol. The van der Waals surface area contributed by atoms with Crippen molar-refractivity contribution < 1.29 is 9.53 Å². The highest BCUT2D eigenvalue weighted by molar-refractivity contribution is 6.05. The van der Waals surface area contributed by atoms with Crippen LogP contribution in [0.3, 0.4) is 0 Å². The van der Waals surface area contributed by atoms with Gasteiger partial charge in [0, 0.05) is 44.5 Å². The first-order chi connectivity index (χ1) is 14.1. The van der Waals surface area contributed by atoms with Gasteiger partial charge in [0.05, 0.1) is 11.4 Å². The Morgan fingerprint density at radius 3 is 2.76 bits per heavy atom. The van der Waals surface area contributed by atoms with Gasteiger partial charge in [0.25, 0.3) is 5.91 Å². The van der Waals surface area contributed by atoms with Crippen LogP contribution in [0.5, 0.6) is 0 Å². The number of ether oxygens (including phenoxy) is 1. The number of carbonyl (C=O) groups is 1. The second-order valence-corrected chi connectivity index (χ2v) is 6.47. The lowest BCUT2D eigenvalue weighted by atomic mass is 10.00. The smallest absolute Gasteiger partial charge is 0.271 e. The van der Waals surface area contributed by atoms with Crippen LogP contribution in [-0.2, 0) is 22.3 Å². The highest BCUT2D eigenvalue weighted by Crippen LogP contribution is 2.29. The number of allylic oxidation sites excluding steroid dienone is 2. The first kappa shape index (κ1) is 18.6. The molecule has 0 aliphatic carbocycles. The fourth-order valence-electron chi connectivity index (χ4n) is 3.16. The number of nitrogens with zero attached hydrogens (tertiary/aromatic N) is 4. The SMILES string of the molecule is COC1(c2ccncc2)C=CC=C(C(=O)Nc2cn(C)nc2-c2ccccn2)N1. The van der Waals surface area contributed by atoms with Crippen molar-refractivity contribution in [3.05, 3.63) is 84.6 Å². The molecule has 3 aromatic heterocycles. The minimum Gasteiger partial charge on any atom is -0.351 e. The van der Waals surface area contributed by atoms with Crippen LogP contribution >= 0.6 is 0 Å². The van der Waals surface area contributed by atoms with Gasteiger partial charge in [-0.1, -0.05) is 12.1 Å². The van der Waals surface area contributed by atoms with Crippen LogP contribution in [-0.4, -0.2) is 32.8 Å². The van der Waals surface area contributed by atoms with Gasteiger partial charge in [-0.05, 0) is 36.4 Å². The van der Waals surface area contributed by atoms with E-state index < -0.39 is 5.72 Å². The van der Waals surface area contributed by atoms with Gasteiger partial charge in [0.2, 0.25) is 0 Å². The zero-order chi connectivity index (χ0) is 20.3. The van der Waals surface area contributed by atoms with Crippen LogP contribution in [0.2, 0.25) is 0 Å². The number of rotatable bonds is 5. The van der Waals surface area contributed by atoms with E-state index in [1.54, 1.807) is 55.8 Å². The zero-order valence-corrected chi connectivity index (χ0v) is 16.0. The van der Waals surface area contributed by atoms with Crippen LogP contribution in [0.25, 0.3) is 11.4 Å². The third kappa shape index (κ3) is 3.65. The number of dihydropyridines is 1. The summed E-state index contributed by atoms with van der Waals surface area (Å²) in [5, 5.41) is 10.5. The second-order valence-electron chi connectivity index (χ2n) is 6.47. The third-order valence-electron chi connectivity index (χ3n) is 4.57. The van der Waals surface area contributed by atoms with E-state index in [2.05, 4.69) is 25.7 Å². The molecule has 1 aliphatic rings. The molecule has 8 nitrogen and oxygen atoms in total. The fraction of sp³-hybridized carbons (Fsp3) is 0.143. The molecule has 0 fully saturated rings. The Hall–Kier alpha value is -3.78. The number of hydrogen-bond acceptors (Lipinski definition) is 6. The Morgan fingerprint density at radius 2 is 2.03 bits per heavy atom. The van der Waals surface area contributed by atoms with Crippen molar-refractivity contribution in [3.8, 4) is 11.4 Å². The van der Waals surface area contributed by atoms with E-state index in [4.69, 9.17) is 4.74 Å². The summed E-state index contributed by atoms with van der Waals surface area (Å²) in [6.07, 6.45) is 12.1. The molecule has 1 unspecified atom stereocenters. The maximum atomic E-state index is 13.0. The molecular formula is C21H20N6O2. The molecule has 1 aliphatic heterocycles. The number of aryl methyl sites for hydroxylation is 1. The molecule has 2 N–H and O–H groups in total. The summed E-state index contributed by atoms with van der Waals surface area (Å²) in [6.45, 7) is 0. The molecule has 4 heterocycles. The molecule has 4 rings (SSSR count). The van der Waals surface area contributed by atoms with E-state index in [0.29, 0.717) is 22.8 Å². The first-order valence-corrected chi connectivity index (χ1v) is 9.01. The summed E-state index contributed by atoms with van der Waals surface area (Å²) in [4.78, 5) is 21.4. The molecule has 0 saturated carbocycles. The molecule has 8 heteroatoms. The molecule has 0 bridgehead atoms. The van der Waals surface area contributed by atoms with Gasteiger partial charge >= 0.3 is 0 Å². The monoisotopic (exact) mass is 388 g/mol. The summed E-state index contributed by atoms with van der Waals surface area (Å²) in [5.74, 6) is -0.310. The largest absolute Gasteiger partial charge is 0.351 e. The van der Waals surface area contributed by atoms with Crippen LogP contribution < -0.4 is 10.6 Å². The van der Waals surface area contributed by atoms with Gasteiger partial charge in [0.1, 0.15) is 11.4 Å². The van der Waals surface area contributed by atoms with Crippen molar-refractivity contribution in [2.75, 3.05) is 12.4 Å². The Balaban J connectivity index is 1.59. The molecule has 1 atom stereocenters. The maximum Gasteiger partial charge on any atom is 0.271 e. The number of pyridine rings is 2. The minimum absolute atomic E-state index is 0.310. The van der Waals surface area contributed by atoms with E-state index >= 15 is 0 Å². The topological polar surface area (TPSA) is 94.0 Å². The lowest BCUT2D eigenvalue weighted by molar-refractivity contribution is -0.114. The number of nitrogens with one attached hydrogen (secondary N) is 2. The van der Waals surface area contributed by atoms with E-state index in [0.717, 1.165) is 5.56 Å². The van der Waals surface area contributed by atoms with Crippen LogP contribution in [0.1, 0.15) is 5.56 Å². The molecule has 0 saturated heterocycles. The fourth-order valence-corrected chi connectivity index (χ4v) is 3.16. The van der Waals surface area contributed by atoms with Crippen molar-refractivity contribution in [1.82, 2.24) is 25.1 Å². The molecule has 3 aromatic rings. The predicted octanol–water partition coefficient (Wildman–Crippen LogP) is 2.36. The number of hydrogen-bond donors (Lipinski definition) is 2. The molecule has 1 amide bonds. The lowest BCUT2D eigenvalue weighted by Crippen LogP contribution is -2.46. The Labute approximate surface area is 168 Å². The van der Waals surface area contributed by atoms with Crippen molar-refractivity contribution in [3.63, 3.8) is 0 Å². The summed E-state index contributed by atoms with van der Waals surface area (Å²) in [6, 6.07) is 9.22. The zero-order valence-electron chi connectivity index (χ0n) is 16.0. The standard InChI is InChI=1S/C21H20N6O2/c1-27-14-18(19(26-27)16-6-3-4-11-23-16)24-20(28)17-7-5-10-21(25-17,29-2)15-8-12-22-13-9-15/h3-14,25H,1-2H3,(H,24,28). The van der Waals surface area contributed by atoms with Crippen molar-refractivity contribution in [2.24, 2.45) is 7.05 Å². The van der Waals surface area contributed by atoms with E-state index in [9.17, 15) is 4.79 Å². The molecule has 29 heavy (non-hydrogen) atoms. The average Bonchev–Trinajstić information content (AvgIpc) is 3.15. The number of anilines is 1. The summed E-state index contributed by atoms with van der Waals surface area (Å²) >= 11 is 0.